The molecule has 0 aliphatic carbocycles. The topological polar surface area (TPSA) is 46.2 Å². The zero-order valence-electron chi connectivity index (χ0n) is 10.8. The molecule has 0 saturated carbocycles. The molecule has 1 unspecified atom stereocenters. The van der Waals surface area contributed by atoms with Gasteiger partial charge in [0.05, 0.1) is 0 Å². The van der Waals surface area contributed by atoms with Crippen LogP contribution in [0.3, 0.4) is 0 Å². The van der Waals surface area contributed by atoms with Crippen LogP contribution in [0.2, 0.25) is 0 Å². The van der Waals surface area contributed by atoms with Crippen molar-refractivity contribution < 1.29 is 17.2 Å². The molecule has 0 spiro atoms. The lowest BCUT2D eigenvalue weighted by molar-refractivity contribution is 0.317. The van der Waals surface area contributed by atoms with Crippen LogP contribution in [0.5, 0.6) is 0 Å². The van der Waals surface area contributed by atoms with Crippen molar-refractivity contribution in [2.45, 2.75) is 38.6 Å². The van der Waals surface area contributed by atoms with E-state index in [2.05, 4.69) is 4.72 Å². The molecule has 3 nitrogen and oxygen atoms in total. The van der Waals surface area contributed by atoms with Crippen molar-refractivity contribution in [2.24, 2.45) is 5.41 Å². The van der Waals surface area contributed by atoms with Gasteiger partial charge in [-0.1, -0.05) is 20.8 Å². The summed E-state index contributed by atoms with van der Waals surface area (Å²) in [4.78, 5) is -0.668. The molecule has 1 rings (SSSR count). The zero-order valence-corrected chi connectivity index (χ0v) is 11.6. The predicted molar refractivity (Wildman–Crippen MR) is 65.6 cm³/mol. The van der Waals surface area contributed by atoms with E-state index in [-0.39, 0.29) is 5.41 Å². The number of sulfonamides is 1. The van der Waals surface area contributed by atoms with Crippen molar-refractivity contribution in [1.29, 1.82) is 0 Å². The van der Waals surface area contributed by atoms with Crippen molar-refractivity contribution >= 4 is 10.0 Å². The van der Waals surface area contributed by atoms with Crippen LogP contribution < -0.4 is 4.72 Å². The Hall–Kier alpha value is -1.01. The highest BCUT2D eigenvalue weighted by atomic mass is 32.2. The van der Waals surface area contributed by atoms with Gasteiger partial charge in [0.15, 0.2) is 0 Å². The average Bonchev–Trinajstić information content (AvgIpc) is 2.19. The molecule has 1 N–H and O–H groups in total. The molecule has 6 heteroatoms. The maximum atomic E-state index is 13.4. The SMILES string of the molecule is CC(NS(=O)(=O)c1cc(F)ccc1F)C(C)(C)C. The summed E-state index contributed by atoms with van der Waals surface area (Å²) in [5.74, 6) is -1.76. The average molecular weight is 277 g/mol. The van der Waals surface area contributed by atoms with E-state index in [9.17, 15) is 17.2 Å². The van der Waals surface area contributed by atoms with E-state index in [1.807, 2.05) is 20.8 Å². The molecular weight excluding hydrogens is 260 g/mol. The lowest BCUT2D eigenvalue weighted by Crippen LogP contribution is -2.41. The van der Waals surface area contributed by atoms with Crippen LogP contribution in [-0.4, -0.2) is 14.5 Å². The van der Waals surface area contributed by atoms with Crippen LogP contribution >= 0.6 is 0 Å². The van der Waals surface area contributed by atoms with Gasteiger partial charge in [-0.05, 0) is 30.5 Å². The predicted octanol–water partition coefficient (Wildman–Crippen LogP) is 2.68. The van der Waals surface area contributed by atoms with E-state index in [0.29, 0.717) is 6.07 Å². The van der Waals surface area contributed by atoms with Crippen molar-refractivity contribution in [1.82, 2.24) is 4.72 Å². The standard InChI is InChI=1S/C12H17F2NO2S/c1-8(12(2,3)4)15-18(16,17)11-7-9(13)5-6-10(11)14/h5-8,15H,1-4H3. The molecule has 1 aromatic carbocycles. The third kappa shape index (κ3) is 3.49. The van der Waals surface area contributed by atoms with Crippen LogP contribution in [0.1, 0.15) is 27.7 Å². The first kappa shape index (κ1) is 15.0. The highest BCUT2D eigenvalue weighted by Crippen LogP contribution is 2.22. The summed E-state index contributed by atoms with van der Waals surface area (Å²) in [6, 6.07) is 1.94. The van der Waals surface area contributed by atoms with Crippen molar-refractivity contribution in [3.8, 4) is 0 Å². The summed E-state index contributed by atoms with van der Waals surface area (Å²) in [5.41, 5.74) is -0.323. The molecule has 0 heterocycles. The fourth-order valence-electron chi connectivity index (χ4n) is 1.16. The van der Waals surface area contributed by atoms with Crippen LogP contribution in [0.4, 0.5) is 8.78 Å². The van der Waals surface area contributed by atoms with Crippen LogP contribution in [-0.2, 0) is 10.0 Å². The number of benzene rings is 1. The second-order valence-corrected chi connectivity index (χ2v) is 6.97. The highest BCUT2D eigenvalue weighted by Gasteiger charge is 2.27. The molecule has 1 atom stereocenters. The Morgan fingerprint density at radius 2 is 1.78 bits per heavy atom. The van der Waals surface area contributed by atoms with Crippen molar-refractivity contribution in [3.63, 3.8) is 0 Å². The molecule has 1 aromatic rings. The van der Waals surface area contributed by atoms with E-state index in [0.717, 1.165) is 12.1 Å². The number of hydrogen-bond donors (Lipinski definition) is 1. The highest BCUT2D eigenvalue weighted by molar-refractivity contribution is 7.89. The monoisotopic (exact) mass is 277 g/mol. The Balaban J connectivity index is 3.11. The molecule has 0 aromatic heterocycles. The number of nitrogens with one attached hydrogen (secondary N) is 1. The molecule has 0 aliphatic heterocycles. The van der Waals surface area contributed by atoms with Gasteiger partial charge in [-0.3, -0.25) is 0 Å². The van der Waals surface area contributed by atoms with Crippen molar-refractivity contribution in [2.75, 3.05) is 0 Å². The lowest BCUT2D eigenvalue weighted by atomic mass is 9.89. The fraction of sp³-hybridized carbons (Fsp3) is 0.500. The summed E-state index contributed by atoms with van der Waals surface area (Å²) in [5, 5.41) is 0. The molecule has 0 saturated heterocycles. The van der Waals surface area contributed by atoms with E-state index >= 15 is 0 Å². The van der Waals surface area contributed by atoms with Crippen LogP contribution in [0.25, 0.3) is 0 Å². The van der Waals surface area contributed by atoms with E-state index < -0.39 is 32.6 Å². The molecule has 18 heavy (non-hydrogen) atoms. The largest absolute Gasteiger partial charge is 0.243 e. The van der Waals surface area contributed by atoms with Gasteiger partial charge >= 0.3 is 0 Å². The smallest absolute Gasteiger partial charge is 0.208 e. The minimum atomic E-state index is -4.06. The Morgan fingerprint density at radius 3 is 2.28 bits per heavy atom. The van der Waals surface area contributed by atoms with E-state index in [4.69, 9.17) is 0 Å². The maximum Gasteiger partial charge on any atom is 0.243 e. The number of halogens is 2. The second kappa shape index (κ2) is 4.93. The second-order valence-electron chi connectivity index (χ2n) is 5.28. The summed E-state index contributed by atoms with van der Waals surface area (Å²) < 4.78 is 52.7. The minimum absolute atomic E-state index is 0.323. The van der Waals surface area contributed by atoms with Gasteiger partial charge in [0.25, 0.3) is 0 Å². The van der Waals surface area contributed by atoms with Crippen molar-refractivity contribution in [3.05, 3.63) is 29.8 Å². The van der Waals surface area contributed by atoms with Gasteiger partial charge in [0.1, 0.15) is 16.5 Å². The van der Waals surface area contributed by atoms with Gasteiger partial charge < -0.3 is 0 Å². The molecular formula is C12H17F2NO2S. The number of rotatable bonds is 3. The summed E-state index contributed by atoms with van der Waals surface area (Å²) in [7, 11) is -4.06. The van der Waals surface area contributed by atoms with E-state index in [1.165, 1.54) is 0 Å². The first-order valence-corrected chi connectivity index (χ1v) is 7.00. The molecule has 0 fully saturated rings. The molecule has 0 bridgehead atoms. The van der Waals surface area contributed by atoms with Crippen LogP contribution in [0, 0.1) is 17.0 Å². The third-order valence-electron chi connectivity index (χ3n) is 2.81. The molecule has 102 valence electrons. The maximum absolute atomic E-state index is 13.4. The summed E-state index contributed by atoms with van der Waals surface area (Å²) in [6.45, 7) is 7.22. The Kier molecular flexibility index (Phi) is 4.12. The van der Waals surface area contributed by atoms with E-state index in [1.54, 1.807) is 6.92 Å². The van der Waals surface area contributed by atoms with Gasteiger partial charge in [-0.25, -0.2) is 21.9 Å². The van der Waals surface area contributed by atoms with Gasteiger partial charge in [-0.2, -0.15) is 0 Å². The fourth-order valence-corrected chi connectivity index (χ4v) is 2.69. The van der Waals surface area contributed by atoms with Gasteiger partial charge in [-0.15, -0.1) is 0 Å². The Bertz CT molecular complexity index is 535. The van der Waals surface area contributed by atoms with Gasteiger partial charge in [0.2, 0.25) is 10.0 Å². The Morgan fingerprint density at radius 1 is 1.22 bits per heavy atom. The summed E-state index contributed by atoms with van der Waals surface area (Å²) >= 11 is 0. The normalized spacial score (nSPS) is 14.6. The Labute approximate surface area is 106 Å². The zero-order chi connectivity index (χ0) is 14.1. The number of hydrogen-bond acceptors (Lipinski definition) is 2. The first-order chi connectivity index (χ1) is 8.04. The molecule has 0 radical (unpaired) electrons. The summed E-state index contributed by atoms with van der Waals surface area (Å²) in [6.07, 6.45) is 0. The van der Waals surface area contributed by atoms with Crippen LogP contribution in [0.15, 0.2) is 23.1 Å². The molecule has 0 aliphatic rings. The molecule has 0 amide bonds. The quantitative estimate of drug-likeness (QED) is 0.923. The third-order valence-corrected chi connectivity index (χ3v) is 4.37. The lowest BCUT2D eigenvalue weighted by Gasteiger charge is -2.27. The first-order valence-electron chi connectivity index (χ1n) is 5.51. The minimum Gasteiger partial charge on any atom is -0.208 e. The van der Waals surface area contributed by atoms with Gasteiger partial charge in [0, 0.05) is 6.04 Å².